The topological polar surface area (TPSA) is 59.6 Å². The van der Waals surface area contributed by atoms with Crippen molar-refractivity contribution in [3.05, 3.63) is 53.6 Å². The summed E-state index contributed by atoms with van der Waals surface area (Å²) < 4.78 is 11.1. The fraction of sp³-hybridized carbons (Fsp3) is 0.350. The molecule has 130 valence electrons. The van der Waals surface area contributed by atoms with Crippen LogP contribution in [-0.2, 0) is 11.2 Å². The van der Waals surface area contributed by atoms with Gasteiger partial charge in [0.25, 0.3) is 0 Å². The molecule has 0 bridgehead atoms. The number of carbonyl (C=O) groups is 1. The van der Waals surface area contributed by atoms with Crippen LogP contribution in [0.2, 0.25) is 0 Å². The van der Waals surface area contributed by atoms with Crippen LogP contribution in [0.15, 0.2) is 42.5 Å². The van der Waals surface area contributed by atoms with E-state index in [1.165, 1.54) is 11.1 Å². The third-order valence-corrected chi connectivity index (χ3v) is 4.70. The second-order valence-electron chi connectivity index (χ2n) is 6.42. The molecule has 1 aliphatic carbocycles. The number of hydrogen-bond acceptors (Lipinski definition) is 4. The molecule has 2 N–H and O–H groups in total. The first-order valence-electron chi connectivity index (χ1n) is 8.80. The Labute approximate surface area is 147 Å². The fourth-order valence-corrected chi connectivity index (χ4v) is 3.48. The molecular formula is C20H22N2O3. The van der Waals surface area contributed by atoms with Gasteiger partial charge < -0.3 is 20.1 Å². The molecule has 5 heteroatoms. The number of fused-ring (bicyclic) bond motifs is 2. The van der Waals surface area contributed by atoms with E-state index in [9.17, 15) is 4.79 Å². The van der Waals surface area contributed by atoms with E-state index < -0.39 is 0 Å². The second kappa shape index (κ2) is 7.05. The van der Waals surface area contributed by atoms with Gasteiger partial charge >= 0.3 is 0 Å². The van der Waals surface area contributed by atoms with Gasteiger partial charge in [0.05, 0.1) is 12.6 Å². The van der Waals surface area contributed by atoms with Crippen LogP contribution in [0.3, 0.4) is 0 Å². The summed E-state index contributed by atoms with van der Waals surface area (Å²) in [6, 6.07) is 14.1. The Kier molecular flexibility index (Phi) is 4.46. The third kappa shape index (κ3) is 3.55. The zero-order valence-electron chi connectivity index (χ0n) is 14.1. The van der Waals surface area contributed by atoms with E-state index in [1.807, 2.05) is 24.3 Å². The maximum Gasteiger partial charge on any atom is 0.239 e. The minimum Gasteiger partial charge on any atom is -0.486 e. The molecule has 0 radical (unpaired) electrons. The third-order valence-electron chi connectivity index (χ3n) is 4.70. The number of hydrogen-bond donors (Lipinski definition) is 2. The molecule has 0 unspecified atom stereocenters. The van der Waals surface area contributed by atoms with E-state index in [0.717, 1.165) is 36.4 Å². The van der Waals surface area contributed by atoms with Gasteiger partial charge in [-0.3, -0.25) is 4.79 Å². The summed E-state index contributed by atoms with van der Waals surface area (Å²) in [4.78, 5) is 12.4. The molecule has 1 atom stereocenters. The standard InChI is InChI=1S/C20H22N2O3/c23-20(22-17-7-3-5-14-4-1-2-6-16(14)17)13-21-15-8-9-18-19(12-15)25-11-10-24-18/h1-2,4,6,8-9,12,17,21H,3,5,7,10-11,13H2,(H,22,23)/t17-/m1/s1. The highest BCUT2D eigenvalue weighted by atomic mass is 16.6. The van der Waals surface area contributed by atoms with E-state index in [1.54, 1.807) is 0 Å². The Balaban J connectivity index is 1.36. The first-order chi connectivity index (χ1) is 12.3. The van der Waals surface area contributed by atoms with Crippen molar-refractivity contribution in [1.29, 1.82) is 0 Å². The molecule has 1 amide bonds. The highest BCUT2D eigenvalue weighted by Gasteiger charge is 2.21. The van der Waals surface area contributed by atoms with Crippen LogP contribution in [0, 0.1) is 0 Å². The largest absolute Gasteiger partial charge is 0.486 e. The summed E-state index contributed by atoms with van der Waals surface area (Å²) in [5.41, 5.74) is 3.45. The first-order valence-corrected chi connectivity index (χ1v) is 8.80. The van der Waals surface area contributed by atoms with Crippen LogP contribution in [0.4, 0.5) is 5.69 Å². The first kappa shape index (κ1) is 15.8. The normalized spacial score (nSPS) is 18.2. The van der Waals surface area contributed by atoms with Crippen molar-refractivity contribution < 1.29 is 14.3 Å². The van der Waals surface area contributed by atoms with Gasteiger partial charge in [0.15, 0.2) is 11.5 Å². The number of carbonyl (C=O) groups excluding carboxylic acids is 1. The molecule has 1 heterocycles. The minimum atomic E-state index is -0.00316. The zero-order chi connectivity index (χ0) is 17.1. The summed E-state index contributed by atoms with van der Waals surface area (Å²) in [7, 11) is 0. The summed E-state index contributed by atoms with van der Waals surface area (Å²) >= 11 is 0. The average Bonchev–Trinajstić information content (AvgIpc) is 2.66. The van der Waals surface area contributed by atoms with Gasteiger partial charge in [-0.25, -0.2) is 0 Å². The summed E-state index contributed by atoms with van der Waals surface area (Å²) in [5.74, 6) is 1.47. The van der Waals surface area contributed by atoms with E-state index in [2.05, 4.69) is 28.8 Å². The molecule has 5 nitrogen and oxygen atoms in total. The van der Waals surface area contributed by atoms with Gasteiger partial charge in [0, 0.05) is 11.8 Å². The number of ether oxygens (including phenoxy) is 2. The van der Waals surface area contributed by atoms with Crippen molar-refractivity contribution in [2.45, 2.75) is 25.3 Å². The van der Waals surface area contributed by atoms with E-state index >= 15 is 0 Å². The molecule has 0 fully saturated rings. The number of anilines is 1. The van der Waals surface area contributed by atoms with Gasteiger partial charge in [-0.2, -0.15) is 0 Å². The average molecular weight is 338 g/mol. The van der Waals surface area contributed by atoms with E-state index in [0.29, 0.717) is 13.2 Å². The molecular weight excluding hydrogens is 316 g/mol. The molecule has 25 heavy (non-hydrogen) atoms. The van der Waals surface area contributed by atoms with E-state index in [-0.39, 0.29) is 18.5 Å². The monoisotopic (exact) mass is 338 g/mol. The maximum atomic E-state index is 12.4. The second-order valence-corrected chi connectivity index (χ2v) is 6.42. The maximum absolute atomic E-state index is 12.4. The number of nitrogens with one attached hydrogen (secondary N) is 2. The Morgan fingerprint density at radius 2 is 1.92 bits per heavy atom. The van der Waals surface area contributed by atoms with Crippen LogP contribution < -0.4 is 20.1 Å². The SMILES string of the molecule is O=C(CNc1ccc2c(c1)OCCO2)N[C@@H]1CCCc2ccccc21. The fourth-order valence-electron chi connectivity index (χ4n) is 3.48. The molecule has 4 rings (SSSR count). The predicted molar refractivity (Wildman–Crippen MR) is 96.2 cm³/mol. The molecule has 0 aromatic heterocycles. The van der Waals surface area contributed by atoms with Crippen LogP contribution in [-0.4, -0.2) is 25.7 Å². The molecule has 1 aliphatic heterocycles. The van der Waals surface area contributed by atoms with Gasteiger partial charge in [0.2, 0.25) is 5.91 Å². The van der Waals surface area contributed by atoms with Crippen LogP contribution in [0.5, 0.6) is 11.5 Å². The van der Waals surface area contributed by atoms with Crippen molar-refractivity contribution in [1.82, 2.24) is 5.32 Å². The Morgan fingerprint density at radius 1 is 1.08 bits per heavy atom. The highest BCUT2D eigenvalue weighted by Crippen LogP contribution is 2.32. The number of amides is 1. The smallest absolute Gasteiger partial charge is 0.239 e. The molecule has 2 aromatic rings. The number of aryl methyl sites for hydroxylation is 1. The zero-order valence-corrected chi connectivity index (χ0v) is 14.1. The van der Waals surface area contributed by atoms with Gasteiger partial charge in [-0.05, 0) is 42.5 Å². The van der Waals surface area contributed by atoms with Crippen molar-refractivity contribution >= 4 is 11.6 Å². The van der Waals surface area contributed by atoms with Crippen LogP contribution in [0.1, 0.15) is 30.0 Å². The van der Waals surface area contributed by atoms with Crippen LogP contribution >= 0.6 is 0 Å². The molecule has 0 saturated carbocycles. The quantitative estimate of drug-likeness (QED) is 0.899. The van der Waals surface area contributed by atoms with Crippen molar-refractivity contribution in [3.8, 4) is 11.5 Å². The van der Waals surface area contributed by atoms with Crippen molar-refractivity contribution in [2.75, 3.05) is 25.1 Å². The lowest BCUT2D eigenvalue weighted by molar-refractivity contribution is -0.120. The lowest BCUT2D eigenvalue weighted by Gasteiger charge is -2.26. The Hall–Kier alpha value is -2.69. The number of benzene rings is 2. The van der Waals surface area contributed by atoms with Gasteiger partial charge in [0.1, 0.15) is 13.2 Å². The van der Waals surface area contributed by atoms with Crippen LogP contribution in [0.25, 0.3) is 0 Å². The molecule has 2 aliphatic rings. The van der Waals surface area contributed by atoms with Gasteiger partial charge in [-0.15, -0.1) is 0 Å². The Morgan fingerprint density at radius 3 is 2.84 bits per heavy atom. The summed E-state index contributed by atoms with van der Waals surface area (Å²) in [5, 5.41) is 6.31. The number of rotatable bonds is 4. The van der Waals surface area contributed by atoms with Gasteiger partial charge in [-0.1, -0.05) is 24.3 Å². The molecule has 0 spiro atoms. The summed E-state index contributed by atoms with van der Waals surface area (Å²) in [6.45, 7) is 1.36. The van der Waals surface area contributed by atoms with Crippen molar-refractivity contribution in [2.24, 2.45) is 0 Å². The summed E-state index contributed by atoms with van der Waals surface area (Å²) in [6.07, 6.45) is 3.20. The van der Waals surface area contributed by atoms with E-state index in [4.69, 9.17) is 9.47 Å². The Bertz CT molecular complexity index is 775. The lowest BCUT2D eigenvalue weighted by atomic mass is 9.88. The minimum absolute atomic E-state index is 0.00316. The predicted octanol–water partition coefficient (Wildman–Crippen LogP) is 3.06. The molecule has 2 aromatic carbocycles. The lowest BCUT2D eigenvalue weighted by Crippen LogP contribution is -2.35. The highest BCUT2D eigenvalue weighted by molar-refractivity contribution is 5.81. The van der Waals surface area contributed by atoms with Crippen molar-refractivity contribution in [3.63, 3.8) is 0 Å². The molecule has 0 saturated heterocycles.